The van der Waals surface area contributed by atoms with Crippen molar-refractivity contribution in [2.75, 3.05) is 36.4 Å². The highest BCUT2D eigenvalue weighted by Gasteiger charge is 2.21. The summed E-state index contributed by atoms with van der Waals surface area (Å²) in [6.07, 6.45) is 2.52. The largest absolute Gasteiger partial charge is 0.355 e. The maximum atomic E-state index is 12.6. The number of carbonyl (C=O) groups excluding carboxylic acids is 2. The number of carbonyl (C=O) groups is 2. The minimum Gasteiger partial charge on any atom is -0.355 e. The van der Waals surface area contributed by atoms with Crippen LogP contribution in [0.1, 0.15) is 26.5 Å². The van der Waals surface area contributed by atoms with Crippen LogP contribution in [-0.4, -0.2) is 47.9 Å². The van der Waals surface area contributed by atoms with Gasteiger partial charge in [0.2, 0.25) is 0 Å². The fourth-order valence-electron chi connectivity index (χ4n) is 3.40. The first-order valence-corrected chi connectivity index (χ1v) is 11.0. The second kappa shape index (κ2) is 9.28. The fourth-order valence-corrected chi connectivity index (χ4v) is 4.31. The lowest BCUT2D eigenvalue weighted by molar-refractivity contribution is 0.0771. The Balaban J connectivity index is 1.37. The van der Waals surface area contributed by atoms with E-state index in [1.165, 1.54) is 11.3 Å². The molecule has 3 heterocycles. The van der Waals surface area contributed by atoms with Gasteiger partial charge in [-0.25, -0.2) is 4.98 Å². The fraction of sp³-hybridized carbons (Fsp3) is 0.227. The number of pyridine rings is 1. The molecule has 8 heteroatoms. The highest BCUT2D eigenvalue weighted by molar-refractivity contribution is 7.12. The summed E-state index contributed by atoms with van der Waals surface area (Å²) in [4.78, 5) is 34.4. The van der Waals surface area contributed by atoms with Gasteiger partial charge in [-0.15, -0.1) is 11.3 Å². The summed E-state index contributed by atoms with van der Waals surface area (Å²) in [7, 11) is 0. The number of rotatable bonds is 4. The number of aromatic nitrogens is 1. The number of benzene rings is 1. The second-order valence-corrected chi connectivity index (χ2v) is 8.30. The predicted octanol–water partition coefficient (Wildman–Crippen LogP) is 4.40. The van der Waals surface area contributed by atoms with Gasteiger partial charge < -0.3 is 15.1 Å². The van der Waals surface area contributed by atoms with Crippen molar-refractivity contribution in [3.63, 3.8) is 0 Å². The number of nitrogens with zero attached hydrogens (tertiary/aromatic N) is 3. The van der Waals surface area contributed by atoms with Gasteiger partial charge in [-0.05, 0) is 42.1 Å². The molecule has 1 fully saturated rings. The van der Waals surface area contributed by atoms with Gasteiger partial charge >= 0.3 is 0 Å². The van der Waals surface area contributed by atoms with Gasteiger partial charge in [0.15, 0.2) is 0 Å². The van der Waals surface area contributed by atoms with E-state index < -0.39 is 0 Å². The van der Waals surface area contributed by atoms with Crippen LogP contribution in [0, 0.1) is 0 Å². The highest BCUT2D eigenvalue weighted by atomic mass is 35.5. The van der Waals surface area contributed by atoms with Crippen LogP contribution < -0.4 is 10.2 Å². The normalized spacial score (nSPS) is 14.3. The van der Waals surface area contributed by atoms with Crippen LogP contribution in [-0.2, 0) is 0 Å². The molecule has 2 aromatic heterocycles. The standard InChI is InChI=1S/C22H21ClN4O2S/c23-18-6-2-1-5-17(18)21(28)25-16-8-9-20(24-15-16)26-10-4-11-27(13-12-26)22(29)19-7-3-14-30-19/h1-3,5-9,14-15H,4,10-13H2,(H,25,28). The van der Waals surface area contributed by atoms with E-state index in [0.29, 0.717) is 22.8 Å². The summed E-state index contributed by atoms with van der Waals surface area (Å²) in [6, 6.07) is 14.4. The van der Waals surface area contributed by atoms with E-state index >= 15 is 0 Å². The van der Waals surface area contributed by atoms with Gasteiger partial charge in [-0.1, -0.05) is 29.8 Å². The van der Waals surface area contributed by atoms with Crippen molar-refractivity contribution in [2.24, 2.45) is 0 Å². The van der Waals surface area contributed by atoms with Crippen LogP contribution in [0.3, 0.4) is 0 Å². The molecular weight excluding hydrogens is 420 g/mol. The maximum absolute atomic E-state index is 12.6. The van der Waals surface area contributed by atoms with Crippen LogP contribution in [0.25, 0.3) is 0 Å². The van der Waals surface area contributed by atoms with Gasteiger partial charge in [-0.2, -0.15) is 0 Å². The number of hydrogen-bond donors (Lipinski definition) is 1. The quantitative estimate of drug-likeness (QED) is 0.653. The number of thiophene rings is 1. The molecule has 0 spiro atoms. The average Bonchev–Trinajstić information content (AvgIpc) is 3.19. The molecule has 0 saturated carbocycles. The zero-order valence-electron chi connectivity index (χ0n) is 16.3. The summed E-state index contributed by atoms with van der Waals surface area (Å²) < 4.78 is 0. The van der Waals surface area contributed by atoms with E-state index in [2.05, 4.69) is 15.2 Å². The van der Waals surface area contributed by atoms with Gasteiger partial charge in [0.25, 0.3) is 11.8 Å². The number of halogens is 1. The molecule has 3 aromatic rings. The lowest BCUT2D eigenvalue weighted by Crippen LogP contribution is -2.35. The smallest absolute Gasteiger partial charge is 0.263 e. The summed E-state index contributed by atoms with van der Waals surface area (Å²) in [5.41, 5.74) is 1.03. The molecule has 0 bridgehead atoms. The molecule has 0 radical (unpaired) electrons. The zero-order valence-corrected chi connectivity index (χ0v) is 17.8. The van der Waals surface area contributed by atoms with Crippen LogP contribution in [0.5, 0.6) is 0 Å². The lowest BCUT2D eigenvalue weighted by atomic mass is 10.2. The van der Waals surface area contributed by atoms with E-state index in [0.717, 1.165) is 36.8 Å². The molecule has 30 heavy (non-hydrogen) atoms. The monoisotopic (exact) mass is 440 g/mol. The molecule has 0 atom stereocenters. The molecule has 6 nitrogen and oxygen atoms in total. The molecule has 0 unspecified atom stereocenters. The van der Waals surface area contributed by atoms with Crippen molar-refractivity contribution in [2.45, 2.75) is 6.42 Å². The second-order valence-electron chi connectivity index (χ2n) is 6.95. The molecule has 4 rings (SSSR count). The summed E-state index contributed by atoms with van der Waals surface area (Å²) in [6.45, 7) is 2.94. The zero-order chi connectivity index (χ0) is 20.9. The van der Waals surface area contributed by atoms with Crippen molar-refractivity contribution >= 4 is 46.3 Å². The summed E-state index contributed by atoms with van der Waals surface area (Å²) >= 11 is 7.56. The van der Waals surface area contributed by atoms with Gasteiger partial charge in [-0.3, -0.25) is 9.59 Å². The molecule has 2 amide bonds. The Morgan fingerprint density at radius 2 is 1.87 bits per heavy atom. The molecular formula is C22H21ClN4O2S. The third-order valence-corrected chi connectivity index (χ3v) is 6.15. The highest BCUT2D eigenvalue weighted by Crippen LogP contribution is 2.20. The van der Waals surface area contributed by atoms with E-state index in [-0.39, 0.29) is 11.8 Å². The number of anilines is 2. The summed E-state index contributed by atoms with van der Waals surface area (Å²) in [5, 5.41) is 5.16. The Labute approximate surface area is 184 Å². The SMILES string of the molecule is O=C(Nc1ccc(N2CCCN(C(=O)c3cccs3)CC2)nc1)c1ccccc1Cl. The van der Waals surface area contributed by atoms with Gasteiger partial charge in [0.1, 0.15) is 5.82 Å². The molecule has 1 N–H and O–H groups in total. The molecule has 0 aliphatic carbocycles. The Bertz CT molecular complexity index is 1020. The van der Waals surface area contributed by atoms with Gasteiger partial charge in [0.05, 0.1) is 27.3 Å². The van der Waals surface area contributed by atoms with Crippen LogP contribution >= 0.6 is 22.9 Å². The lowest BCUT2D eigenvalue weighted by Gasteiger charge is -2.22. The first-order chi connectivity index (χ1) is 14.6. The van der Waals surface area contributed by atoms with Crippen LogP contribution in [0.4, 0.5) is 11.5 Å². The van der Waals surface area contributed by atoms with Crippen molar-refractivity contribution in [3.05, 3.63) is 75.6 Å². The molecule has 1 aromatic carbocycles. The molecule has 1 aliphatic rings. The Kier molecular flexibility index (Phi) is 6.30. The summed E-state index contributed by atoms with van der Waals surface area (Å²) in [5.74, 6) is 0.654. The molecule has 154 valence electrons. The van der Waals surface area contributed by atoms with E-state index in [9.17, 15) is 9.59 Å². The first kappa shape index (κ1) is 20.4. The first-order valence-electron chi connectivity index (χ1n) is 9.71. The predicted molar refractivity (Wildman–Crippen MR) is 121 cm³/mol. The van der Waals surface area contributed by atoms with Crippen molar-refractivity contribution in [3.8, 4) is 0 Å². The van der Waals surface area contributed by atoms with E-state index in [4.69, 9.17) is 11.6 Å². The van der Waals surface area contributed by atoms with Crippen molar-refractivity contribution in [1.82, 2.24) is 9.88 Å². The van der Waals surface area contributed by atoms with E-state index in [1.807, 2.05) is 34.5 Å². The minimum atomic E-state index is -0.271. The Morgan fingerprint density at radius 1 is 1.00 bits per heavy atom. The van der Waals surface area contributed by atoms with Gasteiger partial charge in [0, 0.05) is 26.2 Å². The van der Waals surface area contributed by atoms with Crippen LogP contribution in [0.15, 0.2) is 60.1 Å². The number of nitrogens with one attached hydrogen (secondary N) is 1. The average molecular weight is 441 g/mol. The minimum absolute atomic E-state index is 0.0949. The number of amides is 2. The van der Waals surface area contributed by atoms with Crippen LogP contribution in [0.2, 0.25) is 5.02 Å². The number of hydrogen-bond acceptors (Lipinski definition) is 5. The van der Waals surface area contributed by atoms with E-state index in [1.54, 1.807) is 30.5 Å². The Hall–Kier alpha value is -2.90. The van der Waals surface area contributed by atoms with Crippen molar-refractivity contribution in [1.29, 1.82) is 0 Å². The third-order valence-electron chi connectivity index (χ3n) is 4.96. The topological polar surface area (TPSA) is 65.5 Å². The molecule has 1 aliphatic heterocycles. The molecule has 1 saturated heterocycles. The third kappa shape index (κ3) is 4.63. The Morgan fingerprint density at radius 3 is 2.60 bits per heavy atom. The van der Waals surface area contributed by atoms with Crippen molar-refractivity contribution < 1.29 is 9.59 Å². The maximum Gasteiger partial charge on any atom is 0.263 e.